The van der Waals surface area contributed by atoms with Crippen molar-refractivity contribution in [3.8, 4) is 11.6 Å². The second kappa shape index (κ2) is 6.17. The number of hydrogen-bond acceptors (Lipinski definition) is 3. The molecule has 0 unspecified atom stereocenters. The highest BCUT2D eigenvalue weighted by molar-refractivity contribution is 9.10. The maximum atomic E-state index is 5.85. The van der Waals surface area contributed by atoms with Crippen molar-refractivity contribution in [2.45, 2.75) is 20.4 Å². The van der Waals surface area contributed by atoms with E-state index in [1.807, 2.05) is 45.3 Å². The summed E-state index contributed by atoms with van der Waals surface area (Å²) in [5, 5.41) is 3.11. The molecule has 0 atom stereocenters. The van der Waals surface area contributed by atoms with Gasteiger partial charge in [0.05, 0.1) is 4.47 Å². The molecule has 3 nitrogen and oxygen atoms in total. The minimum Gasteiger partial charge on any atom is -0.438 e. The van der Waals surface area contributed by atoms with Gasteiger partial charge in [-0.2, -0.15) is 0 Å². The molecule has 100 valence electrons. The molecule has 0 saturated carbocycles. The summed E-state index contributed by atoms with van der Waals surface area (Å²) < 4.78 is 6.79. The zero-order valence-electron chi connectivity index (χ0n) is 11.3. The van der Waals surface area contributed by atoms with Crippen LogP contribution in [-0.2, 0) is 6.54 Å². The van der Waals surface area contributed by atoms with Gasteiger partial charge in [-0.05, 0) is 66.2 Å². The first-order valence-electron chi connectivity index (χ1n) is 6.14. The standard InChI is InChI=1S/C15H17BrN2O/c1-10-4-5-14(13(16)6-10)19-15-11(2)7-12(8-17-3)9-18-15/h4-7,9,17H,8H2,1-3H3. The molecule has 0 aliphatic rings. The molecule has 19 heavy (non-hydrogen) atoms. The lowest BCUT2D eigenvalue weighted by molar-refractivity contribution is 0.455. The topological polar surface area (TPSA) is 34.2 Å². The largest absolute Gasteiger partial charge is 0.438 e. The number of hydrogen-bond donors (Lipinski definition) is 1. The van der Waals surface area contributed by atoms with Crippen molar-refractivity contribution in [2.24, 2.45) is 0 Å². The van der Waals surface area contributed by atoms with E-state index < -0.39 is 0 Å². The third-order valence-corrected chi connectivity index (χ3v) is 3.38. The van der Waals surface area contributed by atoms with Gasteiger partial charge < -0.3 is 10.1 Å². The first kappa shape index (κ1) is 14.0. The fraction of sp³-hybridized carbons (Fsp3) is 0.267. The van der Waals surface area contributed by atoms with Gasteiger partial charge in [-0.15, -0.1) is 0 Å². The van der Waals surface area contributed by atoms with Gasteiger partial charge in [0, 0.05) is 18.3 Å². The van der Waals surface area contributed by atoms with E-state index in [4.69, 9.17) is 4.74 Å². The van der Waals surface area contributed by atoms with Crippen LogP contribution in [-0.4, -0.2) is 12.0 Å². The molecule has 1 heterocycles. The van der Waals surface area contributed by atoms with Gasteiger partial charge in [0.1, 0.15) is 5.75 Å². The maximum absolute atomic E-state index is 5.85. The summed E-state index contributed by atoms with van der Waals surface area (Å²) in [5.41, 5.74) is 3.36. The number of nitrogens with one attached hydrogen (secondary N) is 1. The lowest BCUT2D eigenvalue weighted by atomic mass is 10.2. The van der Waals surface area contributed by atoms with Gasteiger partial charge in [0.25, 0.3) is 0 Å². The summed E-state index contributed by atoms with van der Waals surface area (Å²) in [7, 11) is 1.92. The van der Waals surface area contributed by atoms with Crippen LogP contribution in [0.25, 0.3) is 0 Å². The summed E-state index contributed by atoms with van der Waals surface area (Å²) in [6.45, 7) is 4.86. The summed E-state index contributed by atoms with van der Waals surface area (Å²) in [5.74, 6) is 1.42. The Morgan fingerprint density at radius 1 is 1.26 bits per heavy atom. The Labute approximate surface area is 122 Å². The van der Waals surface area contributed by atoms with Crippen LogP contribution in [0.15, 0.2) is 34.9 Å². The van der Waals surface area contributed by atoms with Crippen LogP contribution in [0.4, 0.5) is 0 Å². The predicted molar refractivity (Wildman–Crippen MR) is 80.7 cm³/mol. The maximum Gasteiger partial charge on any atom is 0.222 e. The zero-order valence-corrected chi connectivity index (χ0v) is 12.9. The summed E-state index contributed by atoms with van der Waals surface area (Å²) >= 11 is 3.51. The van der Waals surface area contributed by atoms with E-state index in [0.717, 1.165) is 27.9 Å². The van der Waals surface area contributed by atoms with E-state index in [1.54, 1.807) is 0 Å². The second-order valence-electron chi connectivity index (χ2n) is 4.53. The molecular formula is C15H17BrN2O. The van der Waals surface area contributed by atoms with E-state index in [0.29, 0.717) is 5.88 Å². The van der Waals surface area contributed by atoms with Crippen molar-refractivity contribution in [3.05, 3.63) is 51.6 Å². The zero-order chi connectivity index (χ0) is 13.8. The quantitative estimate of drug-likeness (QED) is 0.925. The number of halogens is 1. The highest BCUT2D eigenvalue weighted by Gasteiger charge is 2.07. The lowest BCUT2D eigenvalue weighted by Gasteiger charge is -2.10. The molecule has 4 heteroatoms. The molecule has 0 spiro atoms. The second-order valence-corrected chi connectivity index (χ2v) is 5.39. The van der Waals surface area contributed by atoms with Gasteiger partial charge in [0.15, 0.2) is 0 Å². The van der Waals surface area contributed by atoms with Crippen molar-refractivity contribution >= 4 is 15.9 Å². The molecule has 0 radical (unpaired) electrons. The number of benzene rings is 1. The molecule has 0 amide bonds. The van der Waals surface area contributed by atoms with E-state index >= 15 is 0 Å². The number of nitrogens with zero attached hydrogens (tertiary/aromatic N) is 1. The SMILES string of the molecule is CNCc1cnc(Oc2ccc(C)cc2Br)c(C)c1. The molecule has 1 aromatic carbocycles. The van der Waals surface area contributed by atoms with E-state index in [1.165, 1.54) is 5.56 Å². The first-order chi connectivity index (χ1) is 9.10. The number of aromatic nitrogens is 1. The minimum absolute atomic E-state index is 0.643. The van der Waals surface area contributed by atoms with E-state index in [2.05, 4.69) is 32.3 Å². The monoisotopic (exact) mass is 320 g/mol. The number of rotatable bonds is 4. The molecule has 1 aromatic heterocycles. The molecular weight excluding hydrogens is 304 g/mol. The lowest BCUT2D eigenvalue weighted by Crippen LogP contribution is -2.06. The number of pyridine rings is 1. The van der Waals surface area contributed by atoms with Crippen molar-refractivity contribution in [3.63, 3.8) is 0 Å². The van der Waals surface area contributed by atoms with Gasteiger partial charge in [-0.1, -0.05) is 6.07 Å². The summed E-state index contributed by atoms with van der Waals surface area (Å²) in [6.07, 6.45) is 1.83. The fourth-order valence-corrected chi connectivity index (χ4v) is 2.40. The van der Waals surface area contributed by atoms with Crippen LogP contribution in [0.5, 0.6) is 11.6 Å². The van der Waals surface area contributed by atoms with Crippen molar-refractivity contribution < 1.29 is 4.74 Å². The Morgan fingerprint density at radius 2 is 2.05 bits per heavy atom. The van der Waals surface area contributed by atoms with Gasteiger partial charge >= 0.3 is 0 Å². The van der Waals surface area contributed by atoms with Crippen LogP contribution < -0.4 is 10.1 Å². The smallest absolute Gasteiger partial charge is 0.222 e. The molecule has 2 aromatic rings. The Bertz CT molecular complexity index is 584. The van der Waals surface area contributed by atoms with Crippen molar-refractivity contribution in [2.75, 3.05) is 7.05 Å². The molecule has 0 aliphatic carbocycles. The predicted octanol–water partition coefficient (Wildman–Crippen LogP) is 3.97. The van der Waals surface area contributed by atoms with Crippen LogP contribution in [0.2, 0.25) is 0 Å². The minimum atomic E-state index is 0.643. The molecule has 0 saturated heterocycles. The van der Waals surface area contributed by atoms with Crippen LogP contribution in [0.1, 0.15) is 16.7 Å². The Kier molecular flexibility index (Phi) is 4.56. The van der Waals surface area contributed by atoms with Crippen LogP contribution >= 0.6 is 15.9 Å². The highest BCUT2D eigenvalue weighted by atomic mass is 79.9. The molecule has 2 rings (SSSR count). The highest BCUT2D eigenvalue weighted by Crippen LogP contribution is 2.30. The Morgan fingerprint density at radius 3 is 2.68 bits per heavy atom. The average molecular weight is 321 g/mol. The molecule has 0 fully saturated rings. The molecule has 0 bridgehead atoms. The van der Waals surface area contributed by atoms with Crippen molar-refractivity contribution in [1.29, 1.82) is 0 Å². The van der Waals surface area contributed by atoms with Crippen molar-refractivity contribution in [1.82, 2.24) is 10.3 Å². The summed E-state index contributed by atoms with van der Waals surface area (Å²) in [4.78, 5) is 4.37. The Hall–Kier alpha value is -1.39. The third kappa shape index (κ3) is 3.55. The number of aryl methyl sites for hydroxylation is 2. The Balaban J connectivity index is 2.23. The van der Waals surface area contributed by atoms with E-state index in [-0.39, 0.29) is 0 Å². The molecule has 1 N–H and O–H groups in total. The third-order valence-electron chi connectivity index (χ3n) is 2.76. The first-order valence-corrected chi connectivity index (χ1v) is 6.93. The summed E-state index contributed by atoms with van der Waals surface area (Å²) in [6, 6.07) is 8.08. The fourth-order valence-electron chi connectivity index (χ4n) is 1.82. The van der Waals surface area contributed by atoms with Crippen LogP contribution in [0.3, 0.4) is 0 Å². The van der Waals surface area contributed by atoms with Gasteiger partial charge in [0.2, 0.25) is 5.88 Å². The number of ether oxygens (including phenoxy) is 1. The van der Waals surface area contributed by atoms with Crippen LogP contribution in [0, 0.1) is 13.8 Å². The normalized spacial score (nSPS) is 10.5. The van der Waals surface area contributed by atoms with Gasteiger partial charge in [-0.3, -0.25) is 0 Å². The van der Waals surface area contributed by atoms with Gasteiger partial charge in [-0.25, -0.2) is 4.98 Å². The molecule has 0 aliphatic heterocycles. The van der Waals surface area contributed by atoms with E-state index in [9.17, 15) is 0 Å². The average Bonchev–Trinajstić information content (AvgIpc) is 2.36.